The van der Waals surface area contributed by atoms with Gasteiger partial charge < -0.3 is 5.11 Å². The molecule has 3 aromatic rings. The lowest BCUT2D eigenvalue weighted by Gasteiger charge is -1.96. The van der Waals surface area contributed by atoms with E-state index in [0.29, 0.717) is 16.3 Å². The van der Waals surface area contributed by atoms with Gasteiger partial charge in [0.25, 0.3) is 0 Å². The van der Waals surface area contributed by atoms with Gasteiger partial charge in [0, 0.05) is 21.5 Å². The molecule has 5 heteroatoms. The second-order valence-corrected chi connectivity index (χ2v) is 6.13. The Balaban J connectivity index is 1.76. The number of benzene rings is 2. The third kappa shape index (κ3) is 3.86. The van der Waals surface area contributed by atoms with Crippen LogP contribution in [0.5, 0.6) is 5.75 Å². The molecule has 0 fully saturated rings. The number of rotatable bonds is 4. The third-order valence-electron chi connectivity index (χ3n) is 3.15. The Bertz CT molecular complexity index is 869. The van der Waals surface area contributed by atoms with Crippen molar-refractivity contribution in [1.29, 1.82) is 0 Å². The summed E-state index contributed by atoms with van der Waals surface area (Å²) in [5, 5.41) is 12.8. The first kappa shape index (κ1) is 15.5. The highest BCUT2D eigenvalue weighted by Gasteiger charge is 2.05. The van der Waals surface area contributed by atoms with Gasteiger partial charge in [0.1, 0.15) is 10.8 Å². The molecule has 3 rings (SSSR count). The molecular formula is C18H12ClNO2S. The number of allylic oxidation sites excluding steroid dienone is 1. The fourth-order valence-electron chi connectivity index (χ4n) is 2.00. The van der Waals surface area contributed by atoms with Crippen molar-refractivity contribution >= 4 is 34.8 Å². The molecule has 0 atom stereocenters. The largest absolute Gasteiger partial charge is 0.508 e. The van der Waals surface area contributed by atoms with Crippen LogP contribution in [0.4, 0.5) is 0 Å². The van der Waals surface area contributed by atoms with E-state index >= 15 is 0 Å². The van der Waals surface area contributed by atoms with Crippen molar-refractivity contribution in [2.45, 2.75) is 0 Å². The minimum atomic E-state index is -0.179. The number of thiazole rings is 1. The van der Waals surface area contributed by atoms with Crippen LogP contribution >= 0.6 is 22.9 Å². The van der Waals surface area contributed by atoms with E-state index in [0.717, 1.165) is 10.6 Å². The van der Waals surface area contributed by atoms with E-state index in [1.54, 1.807) is 18.2 Å². The molecule has 0 spiro atoms. The molecular weight excluding hydrogens is 330 g/mol. The average molecular weight is 342 g/mol. The zero-order valence-corrected chi connectivity index (χ0v) is 13.5. The van der Waals surface area contributed by atoms with Gasteiger partial charge >= 0.3 is 0 Å². The van der Waals surface area contributed by atoms with Gasteiger partial charge in [0.05, 0.1) is 5.69 Å². The molecule has 0 aliphatic rings. The minimum absolute atomic E-state index is 0.0722. The lowest BCUT2D eigenvalue weighted by Crippen LogP contribution is -1.93. The number of carbonyl (C=O) groups is 1. The van der Waals surface area contributed by atoms with Gasteiger partial charge in [0.15, 0.2) is 5.78 Å². The summed E-state index contributed by atoms with van der Waals surface area (Å²) in [4.78, 5) is 16.5. The fourth-order valence-corrected chi connectivity index (χ4v) is 2.92. The highest BCUT2D eigenvalue weighted by Crippen LogP contribution is 2.25. The van der Waals surface area contributed by atoms with Crippen molar-refractivity contribution in [2.24, 2.45) is 0 Å². The summed E-state index contributed by atoms with van der Waals surface area (Å²) in [5.41, 5.74) is 2.14. The molecule has 3 nitrogen and oxygen atoms in total. The first-order chi connectivity index (χ1) is 11.1. The van der Waals surface area contributed by atoms with Gasteiger partial charge in [-0.2, -0.15) is 0 Å². The molecule has 23 heavy (non-hydrogen) atoms. The molecule has 1 aromatic heterocycles. The van der Waals surface area contributed by atoms with E-state index in [1.807, 2.05) is 29.6 Å². The van der Waals surface area contributed by atoms with Crippen LogP contribution in [-0.2, 0) is 0 Å². The second-order valence-electron chi connectivity index (χ2n) is 4.83. The number of hydrogen-bond acceptors (Lipinski definition) is 4. The summed E-state index contributed by atoms with van der Waals surface area (Å²) in [6, 6.07) is 13.7. The number of nitrogens with zero attached hydrogens (tertiary/aromatic N) is 1. The van der Waals surface area contributed by atoms with Gasteiger partial charge in [-0.15, -0.1) is 11.3 Å². The van der Waals surface area contributed by atoms with Crippen LogP contribution in [0.3, 0.4) is 0 Å². The lowest BCUT2D eigenvalue weighted by atomic mass is 10.1. The van der Waals surface area contributed by atoms with E-state index in [1.165, 1.54) is 29.5 Å². The second kappa shape index (κ2) is 6.77. The highest BCUT2D eigenvalue weighted by atomic mass is 35.5. The van der Waals surface area contributed by atoms with Crippen LogP contribution in [0.25, 0.3) is 16.6 Å². The topological polar surface area (TPSA) is 50.2 Å². The number of aromatic nitrogens is 1. The van der Waals surface area contributed by atoms with Crippen LogP contribution in [-0.4, -0.2) is 15.9 Å². The number of hydrogen-bond donors (Lipinski definition) is 1. The van der Waals surface area contributed by atoms with Gasteiger partial charge in [-0.3, -0.25) is 4.79 Å². The van der Waals surface area contributed by atoms with Crippen molar-refractivity contribution < 1.29 is 9.90 Å². The molecule has 0 aliphatic carbocycles. The molecule has 1 N–H and O–H groups in total. The Labute approximate surface area is 142 Å². The normalized spacial score (nSPS) is 11.0. The van der Waals surface area contributed by atoms with Crippen LogP contribution < -0.4 is 0 Å². The number of carbonyl (C=O) groups excluding carboxylic acids is 1. The molecule has 0 unspecified atom stereocenters. The Kier molecular flexibility index (Phi) is 4.55. The SMILES string of the molecule is O=C(C=Cc1csc(-c2ccc(Cl)cc2)n1)c1cccc(O)c1. The smallest absolute Gasteiger partial charge is 0.186 e. The van der Waals surface area contributed by atoms with E-state index in [2.05, 4.69) is 4.98 Å². The number of phenols is 1. The van der Waals surface area contributed by atoms with E-state index in [4.69, 9.17) is 11.6 Å². The Morgan fingerprint density at radius 2 is 1.96 bits per heavy atom. The molecule has 1 heterocycles. The summed E-state index contributed by atoms with van der Waals surface area (Å²) in [6.45, 7) is 0. The molecule has 0 radical (unpaired) electrons. The number of ketones is 1. The minimum Gasteiger partial charge on any atom is -0.508 e. The molecule has 114 valence electrons. The van der Waals surface area contributed by atoms with Crippen molar-refractivity contribution in [3.05, 3.63) is 76.3 Å². The molecule has 0 saturated carbocycles. The summed E-state index contributed by atoms with van der Waals surface area (Å²) in [6.07, 6.45) is 3.12. The van der Waals surface area contributed by atoms with Crippen LogP contribution in [0.1, 0.15) is 16.1 Å². The number of aromatic hydroxyl groups is 1. The maximum absolute atomic E-state index is 12.0. The standard InChI is InChI=1S/C18H12ClNO2S/c19-14-6-4-12(5-7-14)18-20-15(11-23-18)8-9-17(22)13-2-1-3-16(21)10-13/h1-11,21H. The Morgan fingerprint density at radius 3 is 2.70 bits per heavy atom. The maximum atomic E-state index is 12.0. The van der Waals surface area contributed by atoms with E-state index in [9.17, 15) is 9.90 Å². The molecule has 0 saturated heterocycles. The predicted molar refractivity (Wildman–Crippen MR) is 94.0 cm³/mol. The number of phenolic OH excluding ortho intramolecular Hbond substituents is 1. The van der Waals surface area contributed by atoms with Crippen LogP contribution in [0, 0.1) is 0 Å². The summed E-state index contributed by atoms with van der Waals surface area (Å²) in [7, 11) is 0. The van der Waals surface area contributed by atoms with E-state index < -0.39 is 0 Å². The number of halogens is 1. The molecule has 0 amide bonds. The molecule has 0 aliphatic heterocycles. The van der Waals surface area contributed by atoms with Gasteiger partial charge in [-0.25, -0.2) is 4.98 Å². The Morgan fingerprint density at radius 1 is 1.17 bits per heavy atom. The van der Waals surface area contributed by atoms with Gasteiger partial charge in [-0.1, -0.05) is 35.9 Å². The van der Waals surface area contributed by atoms with Crippen molar-refractivity contribution in [2.75, 3.05) is 0 Å². The quantitative estimate of drug-likeness (QED) is 0.532. The first-order valence-corrected chi connectivity index (χ1v) is 8.10. The lowest BCUT2D eigenvalue weighted by molar-refractivity contribution is 0.104. The summed E-state index contributed by atoms with van der Waals surface area (Å²) < 4.78 is 0. The molecule has 2 aromatic carbocycles. The Hall–Kier alpha value is -2.43. The zero-order valence-electron chi connectivity index (χ0n) is 11.9. The van der Waals surface area contributed by atoms with Gasteiger partial charge in [-0.05, 0) is 36.4 Å². The van der Waals surface area contributed by atoms with Crippen molar-refractivity contribution in [3.8, 4) is 16.3 Å². The van der Waals surface area contributed by atoms with E-state index in [-0.39, 0.29) is 11.5 Å². The predicted octanol–water partition coefficient (Wildman–Crippen LogP) is 5.07. The van der Waals surface area contributed by atoms with Crippen molar-refractivity contribution in [1.82, 2.24) is 4.98 Å². The molecule has 0 bridgehead atoms. The highest BCUT2D eigenvalue weighted by molar-refractivity contribution is 7.13. The summed E-state index contributed by atoms with van der Waals surface area (Å²) >= 11 is 7.38. The van der Waals surface area contributed by atoms with Crippen LogP contribution in [0.15, 0.2) is 60.0 Å². The third-order valence-corrected chi connectivity index (χ3v) is 4.31. The fraction of sp³-hybridized carbons (Fsp3) is 0. The first-order valence-electron chi connectivity index (χ1n) is 6.85. The monoisotopic (exact) mass is 341 g/mol. The van der Waals surface area contributed by atoms with Gasteiger partial charge in [0.2, 0.25) is 0 Å². The maximum Gasteiger partial charge on any atom is 0.186 e. The zero-order chi connectivity index (χ0) is 16.2. The van der Waals surface area contributed by atoms with Crippen molar-refractivity contribution in [3.63, 3.8) is 0 Å². The van der Waals surface area contributed by atoms with Crippen LogP contribution in [0.2, 0.25) is 5.02 Å². The average Bonchev–Trinajstić information content (AvgIpc) is 3.02. The summed E-state index contributed by atoms with van der Waals surface area (Å²) in [5.74, 6) is -0.107.